The van der Waals surface area contributed by atoms with E-state index in [1.807, 2.05) is 79.7 Å². The van der Waals surface area contributed by atoms with Gasteiger partial charge in [0, 0.05) is 29.0 Å². The van der Waals surface area contributed by atoms with E-state index in [9.17, 15) is 9.59 Å². The maximum absolute atomic E-state index is 13.7. The molecule has 182 valence electrons. The SMILES string of the molecule is COC(=O)C1=C(C)NC2=C(C(=O)CC(c3ccccc3)C2)C1c1ccccc1OCc1ccccc1. The monoisotopic (exact) mass is 479 g/mol. The molecule has 3 aromatic carbocycles. The number of ether oxygens (including phenoxy) is 2. The molecule has 5 nitrogen and oxygen atoms in total. The zero-order valence-corrected chi connectivity index (χ0v) is 20.5. The van der Waals surface area contributed by atoms with E-state index in [4.69, 9.17) is 9.47 Å². The lowest BCUT2D eigenvalue weighted by Crippen LogP contribution is -2.36. The average Bonchev–Trinajstić information content (AvgIpc) is 2.92. The molecule has 36 heavy (non-hydrogen) atoms. The minimum atomic E-state index is -0.565. The quantitative estimate of drug-likeness (QED) is 0.453. The Morgan fingerprint density at radius 1 is 0.917 bits per heavy atom. The van der Waals surface area contributed by atoms with Crippen LogP contribution < -0.4 is 10.1 Å². The van der Waals surface area contributed by atoms with Crippen LogP contribution in [0.1, 0.15) is 48.3 Å². The number of carbonyl (C=O) groups excluding carboxylic acids is 2. The van der Waals surface area contributed by atoms with Gasteiger partial charge in [-0.2, -0.15) is 0 Å². The summed E-state index contributed by atoms with van der Waals surface area (Å²) in [5.74, 6) is -0.249. The maximum atomic E-state index is 13.7. The Balaban J connectivity index is 1.57. The van der Waals surface area contributed by atoms with Crippen LogP contribution in [0.15, 0.2) is 107 Å². The lowest BCUT2D eigenvalue weighted by Gasteiger charge is -2.37. The summed E-state index contributed by atoms with van der Waals surface area (Å²) < 4.78 is 11.4. The number of benzene rings is 3. The molecule has 5 rings (SSSR count). The van der Waals surface area contributed by atoms with Crippen LogP contribution >= 0.6 is 0 Å². The van der Waals surface area contributed by atoms with Gasteiger partial charge in [-0.15, -0.1) is 0 Å². The van der Waals surface area contributed by atoms with Gasteiger partial charge in [0.25, 0.3) is 0 Å². The number of esters is 1. The molecule has 0 fully saturated rings. The standard InChI is InChI=1S/C31H29NO4/c1-20-28(31(34)35-2)29(24-15-9-10-16-27(24)36-19-21-11-5-3-6-12-21)30-25(32-20)17-23(18-26(30)33)22-13-7-4-8-14-22/h3-16,23,29,32H,17-19H2,1-2H3. The molecule has 1 aliphatic carbocycles. The van der Waals surface area contributed by atoms with Gasteiger partial charge < -0.3 is 14.8 Å². The van der Waals surface area contributed by atoms with Crippen molar-refractivity contribution in [2.24, 2.45) is 0 Å². The Morgan fingerprint density at radius 3 is 2.31 bits per heavy atom. The minimum absolute atomic E-state index is 0.0365. The van der Waals surface area contributed by atoms with Gasteiger partial charge >= 0.3 is 5.97 Å². The third-order valence-electron chi connectivity index (χ3n) is 6.97. The molecule has 1 N–H and O–H groups in total. The molecule has 1 aliphatic heterocycles. The topological polar surface area (TPSA) is 64.6 Å². The van der Waals surface area contributed by atoms with E-state index in [2.05, 4.69) is 17.4 Å². The molecule has 0 bridgehead atoms. The van der Waals surface area contributed by atoms with Crippen LogP contribution in [0.2, 0.25) is 0 Å². The Hall–Kier alpha value is -4.12. The second-order valence-corrected chi connectivity index (χ2v) is 9.23. The van der Waals surface area contributed by atoms with Gasteiger partial charge in [0.05, 0.1) is 18.6 Å². The summed E-state index contributed by atoms with van der Waals surface area (Å²) in [5.41, 5.74) is 5.61. The van der Waals surface area contributed by atoms with E-state index in [0.29, 0.717) is 42.0 Å². The number of nitrogens with one attached hydrogen (secondary N) is 1. The van der Waals surface area contributed by atoms with E-state index < -0.39 is 11.9 Å². The Morgan fingerprint density at radius 2 is 1.58 bits per heavy atom. The van der Waals surface area contributed by atoms with Crippen molar-refractivity contribution in [3.05, 3.63) is 124 Å². The predicted molar refractivity (Wildman–Crippen MR) is 138 cm³/mol. The van der Waals surface area contributed by atoms with Gasteiger partial charge in [-0.25, -0.2) is 4.79 Å². The van der Waals surface area contributed by atoms with Crippen molar-refractivity contribution in [1.29, 1.82) is 0 Å². The average molecular weight is 480 g/mol. The first-order valence-corrected chi connectivity index (χ1v) is 12.2. The second-order valence-electron chi connectivity index (χ2n) is 9.23. The number of allylic oxidation sites excluding steroid dienone is 3. The van der Waals surface area contributed by atoms with Gasteiger partial charge in [-0.1, -0.05) is 78.9 Å². The van der Waals surface area contributed by atoms with Crippen molar-refractivity contribution in [2.75, 3.05) is 7.11 Å². The summed E-state index contributed by atoms with van der Waals surface area (Å²) in [6, 6.07) is 27.7. The predicted octanol–water partition coefficient (Wildman–Crippen LogP) is 5.80. The fourth-order valence-electron chi connectivity index (χ4n) is 5.28. The van der Waals surface area contributed by atoms with Crippen molar-refractivity contribution in [1.82, 2.24) is 5.32 Å². The molecule has 0 saturated carbocycles. The van der Waals surface area contributed by atoms with Crippen LogP contribution in [0.3, 0.4) is 0 Å². The molecule has 0 amide bonds. The number of para-hydroxylation sites is 1. The Labute approximate surface area is 211 Å². The largest absolute Gasteiger partial charge is 0.489 e. The molecule has 5 heteroatoms. The molecule has 3 aromatic rings. The van der Waals surface area contributed by atoms with E-state index in [0.717, 1.165) is 22.4 Å². The summed E-state index contributed by atoms with van der Waals surface area (Å²) >= 11 is 0. The summed E-state index contributed by atoms with van der Waals surface area (Å²) in [6.07, 6.45) is 1.09. The highest BCUT2D eigenvalue weighted by molar-refractivity contribution is 6.04. The van der Waals surface area contributed by atoms with Gasteiger partial charge in [0.2, 0.25) is 0 Å². The number of ketones is 1. The van der Waals surface area contributed by atoms with Crippen LogP contribution in [-0.4, -0.2) is 18.9 Å². The lowest BCUT2D eigenvalue weighted by atomic mass is 9.71. The number of Topliss-reactive ketones (excluding diaryl/α,β-unsaturated/α-hetero) is 1. The highest BCUT2D eigenvalue weighted by Crippen LogP contribution is 2.47. The number of hydrogen-bond acceptors (Lipinski definition) is 5. The fourth-order valence-corrected chi connectivity index (χ4v) is 5.28. The molecule has 0 saturated heterocycles. The number of rotatable bonds is 6. The van der Waals surface area contributed by atoms with Crippen LogP contribution in [0.4, 0.5) is 0 Å². The highest BCUT2D eigenvalue weighted by Gasteiger charge is 2.42. The number of dihydropyridines is 1. The molecule has 1 heterocycles. The molecule has 0 aromatic heterocycles. The van der Waals surface area contributed by atoms with E-state index in [-0.39, 0.29) is 11.7 Å². The third-order valence-corrected chi connectivity index (χ3v) is 6.97. The van der Waals surface area contributed by atoms with Crippen LogP contribution in [0.5, 0.6) is 5.75 Å². The number of carbonyl (C=O) groups is 2. The van der Waals surface area contributed by atoms with Crippen molar-refractivity contribution >= 4 is 11.8 Å². The molecular weight excluding hydrogens is 450 g/mol. The van der Waals surface area contributed by atoms with Crippen LogP contribution in [0.25, 0.3) is 0 Å². The van der Waals surface area contributed by atoms with Crippen molar-refractivity contribution in [3.63, 3.8) is 0 Å². The first-order chi connectivity index (χ1) is 17.6. The molecule has 0 radical (unpaired) electrons. The summed E-state index contributed by atoms with van der Waals surface area (Å²) in [5, 5.41) is 3.39. The maximum Gasteiger partial charge on any atom is 0.336 e. The highest BCUT2D eigenvalue weighted by atomic mass is 16.5. The third kappa shape index (κ3) is 4.57. The van der Waals surface area contributed by atoms with E-state index >= 15 is 0 Å². The lowest BCUT2D eigenvalue weighted by molar-refractivity contribution is -0.136. The first kappa shape index (κ1) is 23.6. The van der Waals surface area contributed by atoms with Crippen molar-refractivity contribution in [3.8, 4) is 5.75 Å². The van der Waals surface area contributed by atoms with E-state index in [1.54, 1.807) is 0 Å². The number of hydrogen-bond donors (Lipinski definition) is 1. The molecule has 2 unspecified atom stereocenters. The van der Waals surface area contributed by atoms with Gasteiger partial charge in [-0.05, 0) is 36.5 Å². The van der Waals surface area contributed by atoms with Gasteiger partial charge in [0.15, 0.2) is 5.78 Å². The molecule has 2 aliphatic rings. The minimum Gasteiger partial charge on any atom is -0.489 e. The number of methoxy groups -OCH3 is 1. The summed E-state index contributed by atoms with van der Waals surface area (Å²) in [6.45, 7) is 2.25. The Kier molecular flexibility index (Phi) is 6.72. The first-order valence-electron chi connectivity index (χ1n) is 12.2. The van der Waals surface area contributed by atoms with Crippen LogP contribution in [0, 0.1) is 0 Å². The zero-order chi connectivity index (χ0) is 25.1. The van der Waals surface area contributed by atoms with Crippen molar-refractivity contribution < 1.29 is 19.1 Å². The molecule has 0 spiro atoms. The van der Waals surface area contributed by atoms with E-state index in [1.165, 1.54) is 7.11 Å². The van der Waals surface area contributed by atoms with Gasteiger partial charge in [0.1, 0.15) is 12.4 Å². The smallest absolute Gasteiger partial charge is 0.336 e. The zero-order valence-electron chi connectivity index (χ0n) is 20.5. The van der Waals surface area contributed by atoms with Crippen molar-refractivity contribution in [2.45, 2.75) is 38.2 Å². The van der Waals surface area contributed by atoms with Crippen LogP contribution in [-0.2, 0) is 20.9 Å². The summed E-state index contributed by atoms with van der Waals surface area (Å²) in [4.78, 5) is 26.8. The molecule has 2 atom stereocenters. The molecular formula is C31H29NO4. The Bertz CT molecular complexity index is 1340. The van der Waals surface area contributed by atoms with Gasteiger partial charge in [-0.3, -0.25) is 4.79 Å². The fraction of sp³-hybridized carbons (Fsp3) is 0.226. The normalized spacial score (nSPS) is 19.4. The summed E-state index contributed by atoms with van der Waals surface area (Å²) in [7, 11) is 1.37. The second kappa shape index (κ2) is 10.2.